The number of rotatable bonds is 11. The van der Waals surface area contributed by atoms with Crippen LogP contribution in [0.2, 0.25) is 5.02 Å². The second-order valence-corrected chi connectivity index (χ2v) is 10.5. The molecule has 0 unspecified atom stereocenters. The SMILES string of the molecule is CCOc1ccc(S(=O)(=O)N(CC(=O)N(Cc2cccc(Cl)c2)[C@@H](C)C(=O)NC)c2ccccc2)cc1. The minimum absolute atomic E-state index is 0.00773. The van der Waals surface area contributed by atoms with Gasteiger partial charge in [0, 0.05) is 18.6 Å². The summed E-state index contributed by atoms with van der Waals surface area (Å²) in [6.07, 6.45) is 0. The van der Waals surface area contributed by atoms with Crippen LogP contribution in [0.1, 0.15) is 19.4 Å². The van der Waals surface area contributed by atoms with Gasteiger partial charge in [0.25, 0.3) is 10.0 Å². The summed E-state index contributed by atoms with van der Waals surface area (Å²) in [6.45, 7) is 3.43. The lowest BCUT2D eigenvalue weighted by Crippen LogP contribution is -2.50. The smallest absolute Gasteiger partial charge is 0.264 e. The van der Waals surface area contributed by atoms with Crippen LogP contribution >= 0.6 is 11.6 Å². The summed E-state index contributed by atoms with van der Waals surface area (Å²) in [7, 11) is -2.66. The number of nitrogens with one attached hydrogen (secondary N) is 1. The number of likely N-dealkylation sites (N-methyl/N-ethyl adjacent to an activating group) is 1. The highest BCUT2D eigenvalue weighted by Gasteiger charge is 2.32. The van der Waals surface area contributed by atoms with Gasteiger partial charge in [-0.05, 0) is 67.9 Å². The van der Waals surface area contributed by atoms with Gasteiger partial charge in [0.15, 0.2) is 0 Å². The summed E-state index contributed by atoms with van der Waals surface area (Å²) in [6, 6.07) is 20.5. The zero-order valence-corrected chi connectivity index (χ0v) is 22.5. The summed E-state index contributed by atoms with van der Waals surface area (Å²) in [5.41, 5.74) is 1.03. The third-order valence-electron chi connectivity index (χ3n) is 5.70. The molecule has 8 nitrogen and oxygen atoms in total. The van der Waals surface area contributed by atoms with Gasteiger partial charge in [0.05, 0.1) is 17.2 Å². The first-order valence-corrected chi connectivity index (χ1v) is 13.5. The van der Waals surface area contributed by atoms with Gasteiger partial charge in [0.2, 0.25) is 11.8 Å². The Balaban J connectivity index is 1.99. The molecule has 3 aromatic carbocycles. The van der Waals surface area contributed by atoms with E-state index < -0.39 is 28.5 Å². The molecule has 37 heavy (non-hydrogen) atoms. The van der Waals surface area contributed by atoms with Gasteiger partial charge in [-0.2, -0.15) is 0 Å². The molecule has 2 amide bonds. The van der Waals surface area contributed by atoms with E-state index >= 15 is 0 Å². The van der Waals surface area contributed by atoms with Gasteiger partial charge in [-0.1, -0.05) is 41.9 Å². The number of para-hydroxylation sites is 1. The molecule has 0 aliphatic rings. The summed E-state index contributed by atoms with van der Waals surface area (Å²) in [5.74, 6) is -0.388. The van der Waals surface area contributed by atoms with Crippen molar-refractivity contribution in [2.75, 3.05) is 24.5 Å². The van der Waals surface area contributed by atoms with Gasteiger partial charge in [-0.15, -0.1) is 0 Å². The van der Waals surface area contributed by atoms with Crippen molar-refractivity contribution in [3.05, 3.63) is 89.4 Å². The first-order valence-electron chi connectivity index (χ1n) is 11.7. The molecule has 0 fully saturated rings. The van der Waals surface area contributed by atoms with Gasteiger partial charge in [-0.25, -0.2) is 8.42 Å². The number of halogens is 1. The van der Waals surface area contributed by atoms with E-state index in [0.29, 0.717) is 28.6 Å². The highest BCUT2D eigenvalue weighted by atomic mass is 35.5. The molecule has 0 aliphatic carbocycles. The molecular formula is C27H30ClN3O5S. The summed E-state index contributed by atoms with van der Waals surface area (Å²) in [5, 5.41) is 3.04. The fraction of sp³-hybridized carbons (Fsp3) is 0.259. The van der Waals surface area contributed by atoms with Crippen LogP contribution in [0, 0.1) is 0 Å². The van der Waals surface area contributed by atoms with E-state index in [2.05, 4.69) is 5.32 Å². The number of benzene rings is 3. The van der Waals surface area contributed by atoms with Crippen molar-refractivity contribution in [3.63, 3.8) is 0 Å². The first-order chi connectivity index (χ1) is 17.7. The summed E-state index contributed by atoms with van der Waals surface area (Å²) in [4.78, 5) is 27.5. The van der Waals surface area contributed by atoms with Crippen LogP contribution in [-0.2, 0) is 26.2 Å². The summed E-state index contributed by atoms with van der Waals surface area (Å²) < 4.78 is 34.0. The third-order valence-corrected chi connectivity index (χ3v) is 7.72. The number of ether oxygens (including phenoxy) is 1. The molecule has 1 atom stereocenters. The van der Waals surface area contributed by atoms with Crippen LogP contribution in [0.3, 0.4) is 0 Å². The van der Waals surface area contributed by atoms with Gasteiger partial charge in [0.1, 0.15) is 18.3 Å². The molecular weight excluding hydrogens is 514 g/mol. The number of hydrogen-bond acceptors (Lipinski definition) is 5. The molecule has 0 bridgehead atoms. The van der Waals surface area contributed by atoms with E-state index in [-0.39, 0.29) is 17.3 Å². The molecule has 0 saturated carbocycles. The number of carbonyl (C=O) groups is 2. The third kappa shape index (κ3) is 7.02. The molecule has 3 rings (SSSR count). The second-order valence-electron chi connectivity index (χ2n) is 8.19. The summed E-state index contributed by atoms with van der Waals surface area (Å²) >= 11 is 6.12. The molecule has 0 saturated heterocycles. The number of carbonyl (C=O) groups excluding carboxylic acids is 2. The van der Waals surface area contributed by atoms with Gasteiger partial charge in [-0.3, -0.25) is 13.9 Å². The van der Waals surface area contributed by atoms with Gasteiger partial charge >= 0.3 is 0 Å². The van der Waals surface area contributed by atoms with E-state index in [0.717, 1.165) is 4.31 Å². The molecule has 0 aliphatic heterocycles. The highest BCUT2D eigenvalue weighted by molar-refractivity contribution is 7.92. The lowest BCUT2D eigenvalue weighted by atomic mass is 10.1. The second kappa shape index (κ2) is 12.6. The number of anilines is 1. The molecule has 10 heteroatoms. The molecule has 3 aromatic rings. The van der Waals surface area contributed by atoms with Crippen molar-refractivity contribution in [2.45, 2.75) is 31.3 Å². The Morgan fingerprint density at radius 1 is 1.00 bits per heavy atom. The largest absolute Gasteiger partial charge is 0.494 e. The lowest BCUT2D eigenvalue weighted by molar-refractivity contribution is -0.139. The fourth-order valence-electron chi connectivity index (χ4n) is 3.75. The standard InChI is InChI=1S/C27H30ClN3O5S/c1-4-36-24-13-15-25(16-14-24)37(34,35)31(23-11-6-5-7-12-23)19-26(32)30(20(2)27(33)29-3)18-21-9-8-10-22(28)17-21/h5-17,20H,4,18-19H2,1-3H3,(H,29,33)/t20-/m0/s1. The van der Waals surface area contributed by atoms with E-state index in [9.17, 15) is 18.0 Å². The maximum atomic E-state index is 13.7. The van der Waals surface area contributed by atoms with Crippen molar-refractivity contribution in [1.29, 1.82) is 0 Å². The molecule has 0 radical (unpaired) electrons. The van der Waals surface area contributed by atoms with Crippen LogP contribution in [0.25, 0.3) is 0 Å². The average molecular weight is 544 g/mol. The zero-order chi connectivity index (χ0) is 27.0. The molecule has 0 heterocycles. The van der Waals surface area contributed by atoms with E-state index in [4.69, 9.17) is 16.3 Å². The Morgan fingerprint density at radius 3 is 2.27 bits per heavy atom. The van der Waals surface area contributed by atoms with Crippen LogP contribution in [0.15, 0.2) is 83.8 Å². The Hall–Kier alpha value is -3.56. The normalized spacial score (nSPS) is 11.9. The first kappa shape index (κ1) is 28.0. The van der Waals surface area contributed by atoms with Crippen LogP contribution in [-0.4, -0.2) is 51.4 Å². The topological polar surface area (TPSA) is 96.0 Å². The molecule has 0 aromatic heterocycles. The van der Waals surface area contributed by atoms with Crippen molar-refractivity contribution in [3.8, 4) is 5.75 Å². The van der Waals surface area contributed by atoms with E-state index in [1.54, 1.807) is 73.7 Å². The predicted octanol–water partition coefficient (Wildman–Crippen LogP) is 4.10. The zero-order valence-electron chi connectivity index (χ0n) is 20.9. The minimum atomic E-state index is -4.14. The Kier molecular flexibility index (Phi) is 9.54. The highest BCUT2D eigenvalue weighted by Crippen LogP contribution is 2.26. The maximum Gasteiger partial charge on any atom is 0.264 e. The van der Waals surface area contributed by atoms with Crippen LogP contribution in [0.5, 0.6) is 5.75 Å². The number of sulfonamides is 1. The van der Waals surface area contributed by atoms with Crippen molar-refractivity contribution in [1.82, 2.24) is 10.2 Å². The monoisotopic (exact) mass is 543 g/mol. The number of amides is 2. The van der Waals surface area contributed by atoms with Crippen molar-refractivity contribution < 1.29 is 22.7 Å². The maximum absolute atomic E-state index is 13.7. The lowest BCUT2D eigenvalue weighted by Gasteiger charge is -2.31. The molecule has 0 spiro atoms. The average Bonchev–Trinajstić information content (AvgIpc) is 2.90. The molecule has 196 valence electrons. The van der Waals surface area contributed by atoms with Crippen molar-refractivity contribution >= 4 is 39.1 Å². The Labute approximate surface area is 222 Å². The Morgan fingerprint density at radius 2 is 1.68 bits per heavy atom. The minimum Gasteiger partial charge on any atom is -0.494 e. The fourth-order valence-corrected chi connectivity index (χ4v) is 5.38. The van der Waals surface area contributed by atoms with Crippen LogP contribution in [0.4, 0.5) is 5.69 Å². The van der Waals surface area contributed by atoms with E-state index in [1.165, 1.54) is 24.1 Å². The molecule has 1 N–H and O–H groups in total. The van der Waals surface area contributed by atoms with Crippen molar-refractivity contribution in [2.24, 2.45) is 0 Å². The van der Waals surface area contributed by atoms with E-state index in [1.807, 2.05) is 6.92 Å². The Bertz CT molecular complexity index is 1320. The quantitative estimate of drug-likeness (QED) is 0.393. The number of nitrogens with zero attached hydrogens (tertiary/aromatic N) is 2. The van der Waals surface area contributed by atoms with Gasteiger partial charge < -0.3 is 15.0 Å². The van der Waals surface area contributed by atoms with Crippen LogP contribution < -0.4 is 14.4 Å². The predicted molar refractivity (Wildman–Crippen MR) is 144 cm³/mol. The number of hydrogen-bond donors (Lipinski definition) is 1.